The second-order valence-electron chi connectivity index (χ2n) is 4.95. The Balaban J connectivity index is 2.06. The van der Waals surface area contributed by atoms with Gasteiger partial charge in [-0.25, -0.2) is 0 Å². The molecule has 0 atom stereocenters. The Morgan fingerprint density at radius 2 is 1.89 bits per heavy atom. The minimum atomic E-state index is 0.531. The Labute approximate surface area is 114 Å². The molecule has 0 radical (unpaired) electrons. The summed E-state index contributed by atoms with van der Waals surface area (Å²) in [6.45, 7) is 5.11. The summed E-state index contributed by atoms with van der Waals surface area (Å²) < 4.78 is 0. The van der Waals surface area contributed by atoms with E-state index in [0.717, 1.165) is 17.8 Å². The molecular formula is C17H18N2. The third-order valence-corrected chi connectivity index (χ3v) is 3.11. The van der Waals surface area contributed by atoms with Gasteiger partial charge in [0.15, 0.2) is 0 Å². The molecule has 0 saturated heterocycles. The second kappa shape index (κ2) is 6.06. The van der Waals surface area contributed by atoms with Gasteiger partial charge in [-0.2, -0.15) is 5.26 Å². The van der Waals surface area contributed by atoms with Crippen LogP contribution in [0, 0.1) is 11.3 Å². The standard InChI is InChI=1S/C17H18N2/c1-13(2)16-7-4-8-17(10-16)19-12-15-6-3-5-14(9-15)11-18/h3-10,13,19H,12H2,1-2H3. The van der Waals surface area contributed by atoms with Crippen molar-refractivity contribution < 1.29 is 0 Å². The third kappa shape index (κ3) is 3.59. The Morgan fingerprint density at radius 3 is 2.63 bits per heavy atom. The highest BCUT2D eigenvalue weighted by Crippen LogP contribution is 2.19. The van der Waals surface area contributed by atoms with Crippen LogP contribution in [0.5, 0.6) is 0 Å². The van der Waals surface area contributed by atoms with Crippen LogP contribution in [-0.4, -0.2) is 0 Å². The van der Waals surface area contributed by atoms with Crippen molar-refractivity contribution >= 4 is 5.69 Å². The predicted molar refractivity (Wildman–Crippen MR) is 79.0 cm³/mol. The molecule has 0 saturated carbocycles. The fraction of sp³-hybridized carbons (Fsp3) is 0.235. The van der Waals surface area contributed by atoms with Gasteiger partial charge in [-0.3, -0.25) is 0 Å². The van der Waals surface area contributed by atoms with Gasteiger partial charge < -0.3 is 5.32 Å². The molecule has 0 heterocycles. The molecule has 0 spiro atoms. The van der Waals surface area contributed by atoms with Gasteiger partial charge in [0, 0.05) is 12.2 Å². The zero-order valence-electron chi connectivity index (χ0n) is 11.4. The van der Waals surface area contributed by atoms with Crippen molar-refractivity contribution in [2.45, 2.75) is 26.3 Å². The van der Waals surface area contributed by atoms with Crippen LogP contribution in [0.2, 0.25) is 0 Å². The fourth-order valence-corrected chi connectivity index (χ4v) is 1.96. The number of anilines is 1. The van der Waals surface area contributed by atoms with E-state index in [1.807, 2.05) is 24.3 Å². The minimum absolute atomic E-state index is 0.531. The summed E-state index contributed by atoms with van der Waals surface area (Å²) in [5, 5.41) is 12.3. The molecule has 19 heavy (non-hydrogen) atoms. The van der Waals surface area contributed by atoms with Crippen LogP contribution in [0.15, 0.2) is 48.5 Å². The molecule has 0 aromatic heterocycles. The smallest absolute Gasteiger partial charge is 0.0991 e. The lowest BCUT2D eigenvalue weighted by atomic mass is 10.0. The first-order valence-electron chi connectivity index (χ1n) is 6.52. The maximum absolute atomic E-state index is 8.87. The van der Waals surface area contributed by atoms with Crippen molar-refractivity contribution in [2.75, 3.05) is 5.32 Å². The molecule has 2 nitrogen and oxygen atoms in total. The molecule has 0 aliphatic rings. The summed E-state index contributed by atoms with van der Waals surface area (Å²) in [4.78, 5) is 0. The van der Waals surface area contributed by atoms with E-state index in [4.69, 9.17) is 5.26 Å². The van der Waals surface area contributed by atoms with E-state index in [1.54, 1.807) is 0 Å². The molecular weight excluding hydrogens is 232 g/mol. The molecule has 0 fully saturated rings. The number of benzene rings is 2. The lowest BCUT2D eigenvalue weighted by Crippen LogP contribution is -2.00. The topological polar surface area (TPSA) is 35.8 Å². The van der Waals surface area contributed by atoms with Crippen LogP contribution in [0.1, 0.15) is 36.5 Å². The van der Waals surface area contributed by atoms with Gasteiger partial charge in [-0.05, 0) is 41.3 Å². The molecule has 0 unspecified atom stereocenters. The van der Waals surface area contributed by atoms with Gasteiger partial charge in [0.25, 0.3) is 0 Å². The summed E-state index contributed by atoms with van der Waals surface area (Å²) in [6.07, 6.45) is 0. The van der Waals surface area contributed by atoms with Crippen molar-refractivity contribution in [3.05, 3.63) is 65.2 Å². The number of nitriles is 1. The zero-order valence-corrected chi connectivity index (χ0v) is 11.4. The number of nitrogens with zero attached hydrogens (tertiary/aromatic N) is 1. The minimum Gasteiger partial charge on any atom is -0.381 e. The van der Waals surface area contributed by atoms with Crippen LogP contribution in [0.4, 0.5) is 5.69 Å². The maximum Gasteiger partial charge on any atom is 0.0991 e. The quantitative estimate of drug-likeness (QED) is 0.878. The average molecular weight is 250 g/mol. The van der Waals surface area contributed by atoms with Crippen molar-refractivity contribution in [3.8, 4) is 6.07 Å². The number of hydrogen-bond acceptors (Lipinski definition) is 2. The largest absolute Gasteiger partial charge is 0.381 e. The lowest BCUT2D eigenvalue weighted by molar-refractivity contribution is 0.866. The number of hydrogen-bond donors (Lipinski definition) is 1. The van der Waals surface area contributed by atoms with Gasteiger partial charge in [-0.15, -0.1) is 0 Å². The van der Waals surface area contributed by atoms with Crippen molar-refractivity contribution in [2.24, 2.45) is 0 Å². The van der Waals surface area contributed by atoms with E-state index in [1.165, 1.54) is 5.56 Å². The predicted octanol–water partition coefficient (Wildman–Crippen LogP) is 4.29. The molecule has 2 rings (SSSR count). The Kier molecular flexibility index (Phi) is 4.20. The van der Waals surface area contributed by atoms with Crippen molar-refractivity contribution in [3.63, 3.8) is 0 Å². The van der Waals surface area contributed by atoms with Gasteiger partial charge in [0.1, 0.15) is 0 Å². The molecule has 0 aliphatic carbocycles. The lowest BCUT2D eigenvalue weighted by Gasteiger charge is -2.10. The van der Waals surface area contributed by atoms with E-state index < -0.39 is 0 Å². The normalized spacial score (nSPS) is 10.2. The SMILES string of the molecule is CC(C)c1cccc(NCc2cccc(C#N)c2)c1. The van der Waals surface area contributed by atoms with Gasteiger partial charge in [0.05, 0.1) is 11.6 Å². The molecule has 0 aliphatic heterocycles. The van der Waals surface area contributed by atoms with E-state index >= 15 is 0 Å². The summed E-state index contributed by atoms with van der Waals surface area (Å²) >= 11 is 0. The van der Waals surface area contributed by atoms with Crippen LogP contribution >= 0.6 is 0 Å². The van der Waals surface area contributed by atoms with Gasteiger partial charge in [0.2, 0.25) is 0 Å². The number of rotatable bonds is 4. The van der Waals surface area contributed by atoms with Crippen molar-refractivity contribution in [1.29, 1.82) is 5.26 Å². The monoisotopic (exact) mass is 250 g/mol. The highest BCUT2D eigenvalue weighted by molar-refractivity contribution is 5.47. The van der Waals surface area contributed by atoms with Crippen molar-refractivity contribution in [1.82, 2.24) is 0 Å². The summed E-state index contributed by atoms with van der Waals surface area (Å²) in [6, 6.07) is 18.3. The highest BCUT2D eigenvalue weighted by atomic mass is 14.9. The summed E-state index contributed by atoms with van der Waals surface area (Å²) in [7, 11) is 0. The molecule has 2 heteroatoms. The summed E-state index contributed by atoms with van der Waals surface area (Å²) in [5.41, 5.74) is 4.27. The second-order valence-corrected chi connectivity index (χ2v) is 4.95. The summed E-state index contributed by atoms with van der Waals surface area (Å²) in [5.74, 6) is 0.531. The average Bonchev–Trinajstić information content (AvgIpc) is 2.45. The van der Waals surface area contributed by atoms with E-state index in [0.29, 0.717) is 11.5 Å². The van der Waals surface area contributed by atoms with E-state index in [9.17, 15) is 0 Å². The molecule has 2 aromatic rings. The fourth-order valence-electron chi connectivity index (χ4n) is 1.96. The molecule has 0 amide bonds. The third-order valence-electron chi connectivity index (χ3n) is 3.11. The first kappa shape index (κ1) is 13.2. The molecule has 2 aromatic carbocycles. The van der Waals surface area contributed by atoms with Gasteiger partial charge >= 0.3 is 0 Å². The van der Waals surface area contributed by atoms with Crippen LogP contribution in [0.25, 0.3) is 0 Å². The number of nitrogens with one attached hydrogen (secondary N) is 1. The first-order valence-corrected chi connectivity index (χ1v) is 6.52. The Hall–Kier alpha value is -2.27. The highest BCUT2D eigenvalue weighted by Gasteiger charge is 2.00. The molecule has 1 N–H and O–H groups in total. The Morgan fingerprint density at radius 1 is 1.11 bits per heavy atom. The first-order chi connectivity index (χ1) is 9.19. The zero-order chi connectivity index (χ0) is 13.7. The molecule has 0 bridgehead atoms. The Bertz CT molecular complexity index is 594. The van der Waals surface area contributed by atoms with E-state index in [-0.39, 0.29) is 0 Å². The molecule has 96 valence electrons. The maximum atomic E-state index is 8.87. The van der Waals surface area contributed by atoms with Gasteiger partial charge in [-0.1, -0.05) is 38.1 Å². The van der Waals surface area contributed by atoms with Crippen LogP contribution in [0.3, 0.4) is 0 Å². The van der Waals surface area contributed by atoms with Crippen LogP contribution in [-0.2, 0) is 6.54 Å². The van der Waals surface area contributed by atoms with E-state index in [2.05, 4.69) is 49.5 Å². The van der Waals surface area contributed by atoms with Crippen LogP contribution < -0.4 is 5.32 Å².